The zero-order valence-corrected chi connectivity index (χ0v) is 16.4. The Kier molecular flexibility index (Phi) is 7.57. The number of hydrogen-bond acceptors (Lipinski definition) is 5. The topological polar surface area (TPSA) is 110 Å². The summed E-state index contributed by atoms with van der Waals surface area (Å²) in [6, 6.07) is 12.0. The summed E-state index contributed by atoms with van der Waals surface area (Å²) in [5.74, 6) is -1.35. The molecule has 2 aromatic rings. The lowest BCUT2D eigenvalue weighted by Gasteiger charge is -2.10. The number of carboxylic acids is 1. The SMILES string of the molecule is CCCCOC(=O)c1ccc(NS(=O)(=O)c2ccc(CCC(=O)O)cc2)cc1. The Balaban J connectivity index is 2.01. The smallest absolute Gasteiger partial charge is 0.338 e. The van der Waals surface area contributed by atoms with E-state index in [1.165, 1.54) is 36.4 Å². The Bertz CT molecular complexity index is 905. The maximum atomic E-state index is 12.5. The van der Waals surface area contributed by atoms with Gasteiger partial charge in [-0.25, -0.2) is 13.2 Å². The van der Waals surface area contributed by atoms with Crippen molar-refractivity contribution >= 4 is 27.6 Å². The molecule has 0 aliphatic heterocycles. The lowest BCUT2D eigenvalue weighted by Crippen LogP contribution is -2.13. The summed E-state index contributed by atoms with van der Waals surface area (Å²) in [7, 11) is -3.79. The van der Waals surface area contributed by atoms with Gasteiger partial charge in [-0.05, 0) is 54.8 Å². The minimum absolute atomic E-state index is 0.0163. The largest absolute Gasteiger partial charge is 0.481 e. The zero-order valence-electron chi connectivity index (χ0n) is 15.6. The normalized spacial score (nSPS) is 11.0. The highest BCUT2D eigenvalue weighted by Crippen LogP contribution is 2.18. The molecule has 0 aliphatic carbocycles. The van der Waals surface area contributed by atoms with Crippen LogP contribution in [-0.2, 0) is 26.0 Å². The second-order valence-corrected chi connectivity index (χ2v) is 7.89. The van der Waals surface area contributed by atoms with Crippen molar-refractivity contribution in [3.8, 4) is 0 Å². The number of benzene rings is 2. The van der Waals surface area contributed by atoms with Crippen LogP contribution in [0.2, 0.25) is 0 Å². The van der Waals surface area contributed by atoms with E-state index in [9.17, 15) is 18.0 Å². The number of aliphatic carboxylic acids is 1. The number of carbonyl (C=O) groups is 2. The van der Waals surface area contributed by atoms with Gasteiger partial charge in [-0.3, -0.25) is 9.52 Å². The Hall–Kier alpha value is -2.87. The molecule has 28 heavy (non-hydrogen) atoms. The van der Waals surface area contributed by atoms with Crippen molar-refractivity contribution in [2.45, 2.75) is 37.5 Å². The standard InChI is InChI=1S/C20H23NO6S/c1-2-3-14-27-20(24)16-7-9-17(10-8-16)21-28(25,26)18-11-4-15(5-12-18)6-13-19(22)23/h4-5,7-12,21H,2-3,6,13-14H2,1H3,(H,22,23). The van der Waals surface area contributed by atoms with Gasteiger partial charge >= 0.3 is 11.9 Å². The highest BCUT2D eigenvalue weighted by atomic mass is 32.2. The number of anilines is 1. The van der Waals surface area contributed by atoms with Crippen LogP contribution in [0.15, 0.2) is 53.4 Å². The van der Waals surface area contributed by atoms with E-state index in [1.807, 2.05) is 6.92 Å². The third-order valence-electron chi connectivity index (χ3n) is 3.97. The van der Waals surface area contributed by atoms with Gasteiger partial charge in [0.1, 0.15) is 0 Å². The van der Waals surface area contributed by atoms with Crippen LogP contribution in [0, 0.1) is 0 Å². The Morgan fingerprint density at radius 3 is 2.25 bits per heavy atom. The fourth-order valence-corrected chi connectivity index (χ4v) is 3.43. The average Bonchev–Trinajstić information content (AvgIpc) is 2.67. The summed E-state index contributed by atoms with van der Waals surface area (Å²) < 4.78 is 32.5. The van der Waals surface area contributed by atoms with Crippen LogP contribution in [-0.4, -0.2) is 32.1 Å². The Labute approximate surface area is 164 Å². The summed E-state index contributed by atoms with van der Waals surface area (Å²) in [4.78, 5) is 22.5. The first-order valence-electron chi connectivity index (χ1n) is 8.92. The van der Waals surface area contributed by atoms with Crippen molar-refractivity contribution in [3.05, 3.63) is 59.7 Å². The van der Waals surface area contributed by atoms with Crippen LogP contribution in [0.4, 0.5) is 5.69 Å². The van der Waals surface area contributed by atoms with E-state index in [4.69, 9.17) is 9.84 Å². The number of unbranched alkanes of at least 4 members (excludes halogenated alkanes) is 1. The lowest BCUT2D eigenvalue weighted by atomic mass is 10.1. The summed E-state index contributed by atoms with van der Waals surface area (Å²) in [6.07, 6.45) is 2.03. The molecule has 0 unspecified atom stereocenters. The molecule has 0 saturated carbocycles. The number of ether oxygens (including phenoxy) is 1. The van der Waals surface area contributed by atoms with E-state index in [0.29, 0.717) is 24.3 Å². The number of esters is 1. The third kappa shape index (κ3) is 6.38. The first-order valence-corrected chi connectivity index (χ1v) is 10.4. The van der Waals surface area contributed by atoms with Crippen molar-refractivity contribution in [1.82, 2.24) is 0 Å². The monoisotopic (exact) mass is 405 g/mol. The third-order valence-corrected chi connectivity index (χ3v) is 5.36. The molecular weight excluding hydrogens is 382 g/mol. The Morgan fingerprint density at radius 1 is 1.04 bits per heavy atom. The second kappa shape index (κ2) is 9.89. The number of sulfonamides is 1. The number of nitrogens with one attached hydrogen (secondary N) is 1. The van der Waals surface area contributed by atoms with Crippen LogP contribution in [0.1, 0.15) is 42.1 Å². The molecule has 8 heteroatoms. The summed E-state index contributed by atoms with van der Waals surface area (Å²) >= 11 is 0. The molecule has 0 heterocycles. The Morgan fingerprint density at radius 2 is 1.68 bits per heavy atom. The van der Waals surface area contributed by atoms with Crippen LogP contribution < -0.4 is 4.72 Å². The molecule has 150 valence electrons. The van der Waals surface area contributed by atoms with Crippen molar-refractivity contribution < 1.29 is 27.9 Å². The zero-order chi connectivity index (χ0) is 20.6. The number of rotatable bonds is 10. The van der Waals surface area contributed by atoms with Crippen LogP contribution >= 0.6 is 0 Å². The van der Waals surface area contributed by atoms with E-state index < -0.39 is 22.0 Å². The van der Waals surface area contributed by atoms with Crippen LogP contribution in [0.5, 0.6) is 0 Å². The molecule has 2 N–H and O–H groups in total. The lowest BCUT2D eigenvalue weighted by molar-refractivity contribution is -0.136. The molecule has 0 aliphatic rings. The summed E-state index contributed by atoms with van der Waals surface area (Å²) in [5.41, 5.74) is 1.41. The van der Waals surface area contributed by atoms with E-state index in [0.717, 1.165) is 18.4 Å². The van der Waals surface area contributed by atoms with Gasteiger partial charge in [-0.15, -0.1) is 0 Å². The van der Waals surface area contributed by atoms with Gasteiger partial charge in [0.15, 0.2) is 0 Å². The minimum atomic E-state index is -3.79. The van der Waals surface area contributed by atoms with Gasteiger partial charge in [0.25, 0.3) is 10.0 Å². The van der Waals surface area contributed by atoms with E-state index >= 15 is 0 Å². The highest BCUT2D eigenvalue weighted by molar-refractivity contribution is 7.92. The number of carbonyl (C=O) groups excluding carboxylic acids is 1. The van der Waals surface area contributed by atoms with Gasteiger partial charge in [0.2, 0.25) is 0 Å². The molecule has 0 aromatic heterocycles. The molecule has 0 radical (unpaired) electrons. The predicted octanol–water partition coefficient (Wildman–Crippen LogP) is 3.46. The molecule has 0 fully saturated rings. The number of carboxylic acid groups (broad SMARTS) is 1. The van der Waals surface area contributed by atoms with E-state index in [1.54, 1.807) is 12.1 Å². The van der Waals surface area contributed by atoms with Gasteiger partial charge in [-0.2, -0.15) is 0 Å². The first kappa shape index (κ1) is 21.4. The van der Waals surface area contributed by atoms with E-state index in [2.05, 4.69) is 4.72 Å². The molecule has 0 saturated heterocycles. The number of aryl methyl sites for hydroxylation is 1. The van der Waals surface area contributed by atoms with Gasteiger partial charge in [0, 0.05) is 12.1 Å². The average molecular weight is 405 g/mol. The van der Waals surface area contributed by atoms with Crippen molar-refractivity contribution in [2.75, 3.05) is 11.3 Å². The van der Waals surface area contributed by atoms with Gasteiger partial charge in [-0.1, -0.05) is 25.5 Å². The maximum absolute atomic E-state index is 12.5. The molecule has 2 rings (SSSR count). The molecule has 0 bridgehead atoms. The summed E-state index contributed by atoms with van der Waals surface area (Å²) in [5, 5.41) is 8.70. The highest BCUT2D eigenvalue weighted by Gasteiger charge is 2.15. The van der Waals surface area contributed by atoms with Crippen LogP contribution in [0.3, 0.4) is 0 Å². The molecule has 0 spiro atoms. The molecule has 2 aromatic carbocycles. The van der Waals surface area contributed by atoms with Crippen molar-refractivity contribution in [3.63, 3.8) is 0 Å². The fourth-order valence-electron chi connectivity index (χ4n) is 2.37. The first-order chi connectivity index (χ1) is 13.3. The quantitative estimate of drug-likeness (QED) is 0.463. The van der Waals surface area contributed by atoms with E-state index in [-0.39, 0.29) is 11.3 Å². The van der Waals surface area contributed by atoms with Crippen LogP contribution in [0.25, 0.3) is 0 Å². The predicted molar refractivity (Wildman–Crippen MR) is 105 cm³/mol. The number of hydrogen-bond donors (Lipinski definition) is 2. The minimum Gasteiger partial charge on any atom is -0.481 e. The fraction of sp³-hybridized carbons (Fsp3) is 0.300. The molecule has 7 nitrogen and oxygen atoms in total. The van der Waals surface area contributed by atoms with Gasteiger partial charge < -0.3 is 9.84 Å². The molecular formula is C20H23NO6S. The second-order valence-electron chi connectivity index (χ2n) is 6.21. The molecule has 0 amide bonds. The summed E-state index contributed by atoms with van der Waals surface area (Å²) in [6.45, 7) is 2.35. The molecule has 0 atom stereocenters. The van der Waals surface area contributed by atoms with Crippen molar-refractivity contribution in [2.24, 2.45) is 0 Å². The van der Waals surface area contributed by atoms with Gasteiger partial charge in [0.05, 0.1) is 17.1 Å². The maximum Gasteiger partial charge on any atom is 0.338 e. The van der Waals surface area contributed by atoms with Crippen molar-refractivity contribution in [1.29, 1.82) is 0 Å².